The molecule has 0 heterocycles. The smallest absolute Gasteiger partial charge is 0.337 e. The van der Waals surface area contributed by atoms with Crippen molar-refractivity contribution < 1.29 is 19.1 Å². The van der Waals surface area contributed by atoms with Gasteiger partial charge in [0.25, 0.3) is 0 Å². The van der Waals surface area contributed by atoms with Gasteiger partial charge in [-0.2, -0.15) is 5.26 Å². The minimum Gasteiger partial charge on any atom is -0.465 e. The van der Waals surface area contributed by atoms with Gasteiger partial charge in [-0.15, -0.1) is 0 Å². The largest absolute Gasteiger partial charge is 0.465 e. The molecule has 0 aliphatic heterocycles. The lowest BCUT2D eigenvalue weighted by molar-refractivity contribution is 0.0600. The van der Waals surface area contributed by atoms with Crippen LogP contribution in [0.25, 0.3) is 0 Å². The van der Waals surface area contributed by atoms with Crippen LogP contribution in [0.15, 0.2) is 42.5 Å². The summed E-state index contributed by atoms with van der Waals surface area (Å²) in [5.41, 5.74) is 2.29. The lowest BCUT2D eigenvalue weighted by Crippen LogP contribution is -2.32. The minimum absolute atomic E-state index is 0.0375. The van der Waals surface area contributed by atoms with Gasteiger partial charge in [0.2, 0.25) is 0 Å². The molecule has 0 saturated heterocycles. The predicted molar refractivity (Wildman–Crippen MR) is 128 cm³/mol. The van der Waals surface area contributed by atoms with Crippen LogP contribution in [0.1, 0.15) is 68.9 Å². The quantitative estimate of drug-likeness (QED) is 0.352. The highest BCUT2D eigenvalue weighted by molar-refractivity contribution is 5.90. The number of nitrogens with zero attached hydrogens (tertiary/aromatic N) is 2. The first-order chi connectivity index (χ1) is 15.8. The van der Waals surface area contributed by atoms with Crippen molar-refractivity contribution in [2.45, 2.75) is 38.5 Å². The van der Waals surface area contributed by atoms with Crippen molar-refractivity contribution in [3.63, 3.8) is 0 Å². The van der Waals surface area contributed by atoms with Gasteiger partial charge in [0.05, 0.1) is 24.2 Å². The van der Waals surface area contributed by atoms with Crippen LogP contribution in [-0.4, -0.2) is 50.7 Å². The monoisotopic (exact) mass is 448 g/mol. The normalized spacial score (nSPS) is 12.8. The summed E-state index contributed by atoms with van der Waals surface area (Å²) >= 11 is 0. The highest BCUT2D eigenvalue weighted by Crippen LogP contribution is 2.37. The van der Waals surface area contributed by atoms with Crippen LogP contribution in [0.2, 0.25) is 0 Å². The molecule has 0 aliphatic carbocycles. The Kier molecular flexibility index (Phi) is 9.50. The molecule has 2 aromatic carbocycles. The van der Waals surface area contributed by atoms with Gasteiger partial charge in [0.1, 0.15) is 0 Å². The van der Waals surface area contributed by atoms with E-state index in [4.69, 9.17) is 4.74 Å². The molecule has 2 rings (SSSR count). The molecule has 33 heavy (non-hydrogen) atoms. The van der Waals surface area contributed by atoms with E-state index in [0.29, 0.717) is 35.7 Å². The molecule has 0 N–H and O–H groups in total. The van der Waals surface area contributed by atoms with Gasteiger partial charge in [0.15, 0.2) is 12.6 Å². The zero-order chi connectivity index (χ0) is 24.4. The van der Waals surface area contributed by atoms with Gasteiger partial charge in [-0.05, 0) is 68.1 Å². The van der Waals surface area contributed by atoms with Crippen molar-refractivity contribution in [1.82, 2.24) is 4.90 Å². The summed E-state index contributed by atoms with van der Waals surface area (Å²) in [5.74, 6) is -0.305. The van der Waals surface area contributed by atoms with Crippen molar-refractivity contribution in [1.29, 1.82) is 5.26 Å². The Balaban J connectivity index is 2.03. The lowest BCUT2D eigenvalue weighted by Gasteiger charge is -2.32. The fourth-order valence-electron chi connectivity index (χ4n) is 4.11. The van der Waals surface area contributed by atoms with Crippen LogP contribution in [0.4, 0.5) is 0 Å². The molecule has 0 aliphatic rings. The summed E-state index contributed by atoms with van der Waals surface area (Å²) in [6.07, 6.45) is 3.56. The van der Waals surface area contributed by atoms with E-state index in [2.05, 4.69) is 11.0 Å². The van der Waals surface area contributed by atoms with Gasteiger partial charge < -0.3 is 9.64 Å². The second-order valence-corrected chi connectivity index (χ2v) is 8.67. The number of likely N-dealkylation sites (N-methyl/N-ethyl adjacent to an activating group) is 1. The highest BCUT2D eigenvalue weighted by atomic mass is 16.5. The number of methoxy groups -OCH3 is 1. The summed E-state index contributed by atoms with van der Waals surface area (Å²) in [5, 5.41) is 10.1. The number of aldehydes is 2. The molecule has 0 saturated carbocycles. The lowest BCUT2D eigenvalue weighted by atomic mass is 9.69. The molecule has 0 aromatic heterocycles. The average molecular weight is 449 g/mol. The second kappa shape index (κ2) is 12.1. The molecular formula is C27H32N2O4. The molecule has 0 bridgehead atoms. The maximum Gasteiger partial charge on any atom is 0.337 e. The standard InChI is InChI=1S/C27H32N2O4/c1-20(2)27(19-28,25-10-9-23(17-30)24(16-25)18-31)12-6-13-29(3)14-11-21-7-5-8-22(15-21)26(32)33-4/h5,7-10,15-18,20H,6,11-14H2,1-4H3. The average Bonchev–Trinajstić information content (AvgIpc) is 2.84. The minimum atomic E-state index is -0.741. The number of rotatable bonds is 12. The first kappa shape index (κ1) is 26.0. The summed E-state index contributed by atoms with van der Waals surface area (Å²) < 4.78 is 4.78. The number of ether oxygens (including phenoxy) is 1. The third kappa shape index (κ3) is 6.36. The molecule has 1 atom stereocenters. The van der Waals surface area contributed by atoms with E-state index in [1.807, 2.05) is 39.1 Å². The van der Waals surface area contributed by atoms with E-state index in [0.717, 1.165) is 37.1 Å². The van der Waals surface area contributed by atoms with Crippen molar-refractivity contribution in [2.24, 2.45) is 5.92 Å². The predicted octanol–water partition coefficient (Wildman–Crippen LogP) is 4.47. The van der Waals surface area contributed by atoms with Crippen molar-refractivity contribution in [3.8, 4) is 6.07 Å². The van der Waals surface area contributed by atoms with Crippen LogP contribution in [0.5, 0.6) is 0 Å². The van der Waals surface area contributed by atoms with Gasteiger partial charge in [-0.1, -0.05) is 38.1 Å². The van der Waals surface area contributed by atoms with E-state index < -0.39 is 5.41 Å². The highest BCUT2D eigenvalue weighted by Gasteiger charge is 2.36. The molecule has 6 nitrogen and oxygen atoms in total. The number of nitriles is 1. The third-order valence-corrected chi connectivity index (χ3v) is 6.28. The zero-order valence-corrected chi connectivity index (χ0v) is 19.8. The maximum atomic E-state index is 11.7. The van der Waals surface area contributed by atoms with E-state index in [9.17, 15) is 19.6 Å². The Bertz CT molecular complexity index is 1030. The Morgan fingerprint density at radius 2 is 1.85 bits per heavy atom. The Labute approximate surface area is 196 Å². The molecule has 6 heteroatoms. The number of esters is 1. The number of carbonyl (C=O) groups excluding carboxylic acids is 3. The molecule has 0 fully saturated rings. The number of hydrogen-bond donors (Lipinski definition) is 0. The van der Waals surface area contributed by atoms with E-state index >= 15 is 0 Å². The summed E-state index contributed by atoms with van der Waals surface area (Å²) in [7, 11) is 3.41. The maximum absolute atomic E-state index is 11.7. The molecule has 0 spiro atoms. The topological polar surface area (TPSA) is 87.5 Å². The number of hydrogen-bond acceptors (Lipinski definition) is 6. The van der Waals surface area contributed by atoms with Crippen molar-refractivity contribution >= 4 is 18.5 Å². The van der Waals surface area contributed by atoms with Crippen LogP contribution in [-0.2, 0) is 16.6 Å². The fraction of sp³-hybridized carbons (Fsp3) is 0.407. The zero-order valence-electron chi connectivity index (χ0n) is 19.8. The molecule has 2 aromatic rings. The first-order valence-electron chi connectivity index (χ1n) is 11.1. The van der Waals surface area contributed by atoms with Crippen molar-refractivity contribution in [2.75, 3.05) is 27.2 Å². The fourth-order valence-corrected chi connectivity index (χ4v) is 4.11. The van der Waals surface area contributed by atoms with Gasteiger partial charge in [0, 0.05) is 17.7 Å². The van der Waals surface area contributed by atoms with E-state index in [-0.39, 0.29) is 11.9 Å². The van der Waals surface area contributed by atoms with Crippen LogP contribution in [0.3, 0.4) is 0 Å². The SMILES string of the molecule is COC(=O)c1cccc(CCN(C)CCCC(C#N)(c2ccc(C=O)c(C=O)c2)C(C)C)c1. The van der Waals surface area contributed by atoms with Crippen LogP contribution in [0, 0.1) is 17.2 Å². The Morgan fingerprint density at radius 3 is 2.45 bits per heavy atom. The molecule has 0 amide bonds. The van der Waals surface area contributed by atoms with Crippen LogP contribution >= 0.6 is 0 Å². The van der Waals surface area contributed by atoms with Crippen molar-refractivity contribution in [3.05, 3.63) is 70.3 Å². The number of benzene rings is 2. The number of carbonyl (C=O) groups is 3. The molecular weight excluding hydrogens is 416 g/mol. The van der Waals surface area contributed by atoms with Gasteiger partial charge in [-0.25, -0.2) is 4.79 Å². The summed E-state index contributed by atoms with van der Waals surface area (Å²) in [6, 6.07) is 15.0. The van der Waals surface area contributed by atoms with E-state index in [1.54, 1.807) is 24.3 Å². The molecule has 174 valence electrons. The Morgan fingerprint density at radius 1 is 1.12 bits per heavy atom. The third-order valence-electron chi connectivity index (χ3n) is 6.28. The summed E-state index contributed by atoms with van der Waals surface area (Å²) in [4.78, 5) is 36.5. The Hall–Kier alpha value is -3.30. The van der Waals surface area contributed by atoms with Crippen LogP contribution < -0.4 is 0 Å². The van der Waals surface area contributed by atoms with Gasteiger partial charge in [-0.3, -0.25) is 9.59 Å². The van der Waals surface area contributed by atoms with Gasteiger partial charge >= 0.3 is 5.97 Å². The first-order valence-corrected chi connectivity index (χ1v) is 11.1. The second-order valence-electron chi connectivity index (χ2n) is 8.67. The summed E-state index contributed by atoms with van der Waals surface area (Å²) in [6.45, 7) is 5.64. The molecule has 1 unspecified atom stereocenters. The van der Waals surface area contributed by atoms with E-state index in [1.165, 1.54) is 7.11 Å². The molecule has 0 radical (unpaired) electrons.